The number of aliphatic carboxylic acids is 1. The first-order chi connectivity index (χ1) is 9.61. The van der Waals surface area contributed by atoms with Gasteiger partial charge in [-0.3, -0.25) is 0 Å². The van der Waals surface area contributed by atoms with Gasteiger partial charge in [0.05, 0.1) is 6.61 Å². The number of ether oxygens (including phenoxy) is 1. The topological polar surface area (TPSA) is 70.1 Å². The summed E-state index contributed by atoms with van der Waals surface area (Å²) >= 11 is 0. The zero-order chi connectivity index (χ0) is 15.0. The molecular formula is C14H26N2O4. The van der Waals surface area contributed by atoms with Gasteiger partial charge in [0, 0.05) is 26.2 Å². The van der Waals surface area contributed by atoms with Gasteiger partial charge in [0.15, 0.2) is 0 Å². The molecule has 0 aromatic rings. The quantitative estimate of drug-likeness (QED) is 0.756. The normalized spacial score (nSPS) is 19.5. The van der Waals surface area contributed by atoms with Gasteiger partial charge in [-0.05, 0) is 26.7 Å². The van der Waals surface area contributed by atoms with Crippen molar-refractivity contribution in [3.63, 3.8) is 0 Å². The first-order valence-corrected chi connectivity index (χ1v) is 7.47. The van der Waals surface area contributed by atoms with Crippen LogP contribution in [-0.2, 0) is 9.53 Å². The standard InChI is InChI=1S/C14H26N2O4/c1-3-15(10-11-20-4-2)14(19)16-9-7-5-6-8-12(16)13(17)18/h12H,3-11H2,1-2H3,(H,17,18). The van der Waals surface area contributed by atoms with E-state index in [0.29, 0.717) is 39.3 Å². The van der Waals surface area contributed by atoms with Gasteiger partial charge in [-0.1, -0.05) is 12.8 Å². The molecule has 2 amide bonds. The second-order valence-electron chi connectivity index (χ2n) is 4.96. The Kier molecular flexibility index (Phi) is 7.36. The molecule has 1 saturated heterocycles. The summed E-state index contributed by atoms with van der Waals surface area (Å²) in [4.78, 5) is 27.1. The fourth-order valence-electron chi connectivity index (χ4n) is 2.48. The third kappa shape index (κ3) is 4.67. The predicted molar refractivity (Wildman–Crippen MR) is 75.7 cm³/mol. The van der Waals surface area contributed by atoms with E-state index in [9.17, 15) is 14.7 Å². The van der Waals surface area contributed by atoms with Crippen LogP contribution in [0.25, 0.3) is 0 Å². The fourth-order valence-corrected chi connectivity index (χ4v) is 2.48. The second kappa shape index (κ2) is 8.79. The van der Waals surface area contributed by atoms with Crippen LogP contribution in [-0.4, -0.2) is 65.8 Å². The van der Waals surface area contributed by atoms with Crippen LogP contribution < -0.4 is 0 Å². The van der Waals surface area contributed by atoms with Gasteiger partial charge in [0.2, 0.25) is 0 Å². The van der Waals surface area contributed by atoms with Crippen LogP contribution in [0.2, 0.25) is 0 Å². The van der Waals surface area contributed by atoms with Crippen molar-refractivity contribution in [3.05, 3.63) is 0 Å². The Hall–Kier alpha value is -1.30. The maximum absolute atomic E-state index is 12.5. The van der Waals surface area contributed by atoms with Crippen LogP contribution in [0.4, 0.5) is 4.79 Å². The molecule has 1 aliphatic rings. The van der Waals surface area contributed by atoms with E-state index in [4.69, 9.17) is 4.74 Å². The molecule has 0 saturated carbocycles. The van der Waals surface area contributed by atoms with Crippen molar-refractivity contribution < 1.29 is 19.4 Å². The molecule has 1 unspecified atom stereocenters. The largest absolute Gasteiger partial charge is 0.480 e. The minimum atomic E-state index is -0.902. The molecule has 1 atom stereocenters. The zero-order valence-electron chi connectivity index (χ0n) is 12.5. The minimum absolute atomic E-state index is 0.179. The van der Waals surface area contributed by atoms with Gasteiger partial charge in [-0.15, -0.1) is 0 Å². The lowest BCUT2D eigenvalue weighted by Gasteiger charge is -2.32. The van der Waals surface area contributed by atoms with Crippen LogP contribution >= 0.6 is 0 Å². The maximum atomic E-state index is 12.5. The summed E-state index contributed by atoms with van der Waals surface area (Å²) < 4.78 is 5.27. The Morgan fingerprint density at radius 1 is 1.30 bits per heavy atom. The van der Waals surface area contributed by atoms with Crippen molar-refractivity contribution in [1.29, 1.82) is 0 Å². The van der Waals surface area contributed by atoms with Crippen molar-refractivity contribution in [2.24, 2.45) is 0 Å². The molecule has 0 spiro atoms. The molecule has 0 bridgehead atoms. The first kappa shape index (κ1) is 16.8. The lowest BCUT2D eigenvalue weighted by atomic mass is 10.1. The van der Waals surface area contributed by atoms with E-state index in [0.717, 1.165) is 19.3 Å². The highest BCUT2D eigenvalue weighted by Crippen LogP contribution is 2.18. The lowest BCUT2D eigenvalue weighted by molar-refractivity contribution is -0.142. The smallest absolute Gasteiger partial charge is 0.326 e. The number of hydrogen-bond donors (Lipinski definition) is 1. The van der Waals surface area contributed by atoms with Crippen molar-refractivity contribution in [1.82, 2.24) is 9.80 Å². The number of rotatable bonds is 6. The van der Waals surface area contributed by atoms with Crippen molar-refractivity contribution in [2.75, 3.05) is 32.8 Å². The molecule has 6 heteroatoms. The van der Waals surface area contributed by atoms with Crippen LogP contribution in [0.1, 0.15) is 39.5 Å². The number of carboxylic acids is 1. The molecule has 1 N–H and O–H groups in total. The van der Waals surface area contributed by atoms with Crippen molar-refractivity contribution in [3.8, 4) is 0 Å². The Bertz CT molecular complexity index is 322. The van der Waals surface area contributed by atoms with Gasteiger partial charge in [0.1, 0.15) is 6.04 Å². The van der Waals surface area contributed by atoms with E-state index >= 15 is 0 Å². The average molecular weight is 286 g/mol. The average Bonchev–Trinajstić information content (AvgIpc) is 2.68. The molecule has 0 aromatic heterocycles. The van der Waals surface area contributed by atoms with Crippen LogP contribution in [0.15, 0.2) is 0 Å². The maximum Gasteiger partial charge on any atom is 0.326 e. The molecular weight excluding hydrogens is 260 g/mol. The van der Waals surface area contributed by atoms with Crippen molar-refractivity contribution in [2.45, 2.75) is 45.6 Å². The first-order valence-electron chi connectivity index (χ1n) is 7.47. The predicted octanol–water partition coefficient (Wildman–Crippen LogP) is 1.79. The number of amides is 2. The van der Waals surface area contributed by atoms with E-state index in [-0.39, 0.29) is 6.03 Å². The number of carbonyl (C=O) groups is 2. The number of carboxylic acid groups (broad SMARTS) is 1. The van der Waals surface area contributed by atoms with Gasteiger partial charge < -0.3 is 19.6 Å². The number of likely N-dealkylation sites (tertiary alicyclic amines) is 1. The highest BCUT2D eigenvalue weighted by molar-refractivity contribution is 5.82. The van der Waals surface area contributed by atoms with Crippen LogP contribution in [0.3, 0.4) is 0 Å². The number of carbonyl (C=O) groups excluding carboxylic acids is 1. The van der Waals surface area contributed by atoms with E-state index in [1.54, 1.807) is 4.90 Å². The Morgan fingerprint density at radius 2 is 2.05 bits per heavy atom. The molecule has 6 nitrogen and oxygen atoms in total. The summed E-state index contributed by atoms with van der Waals surface area (Å²) in [6.45, 7) is 6.52. The van der Waals surface area contributed by atoms with Crippen LogP contribution in [0, 0.1) is 0 Å². The van der Waals surface area contributed by atoms with Gasteiger partial charge >= 0.3 is 12.0 Å². The molecule has 1 aliphatic heterocycles. The number of hydrogen-bond acceptors (Lipinski definition) is 3. The lowest BCUT2D eigenvalue weighted by Crippen LogP contribution is -2.51. The number of likely N-dealkylation sites (N-methyl/N-ethyl adjacent to an activating group) is 1. The highest BCUT2D eigenvalue weighted by atomic mass is 16.5. The molecule has 20 heavy (non-hydrogen) atoms. The fraction of sp³-hybridized carbons (Fsp3) is 0.857. The second-order valence-corrected chi connectivity index (χ2v) is 4.96. The van der Waals surface area contributed by atoms with E-state index in [1.165, 1.54) is 4.90 Å². The summed E-state index contributed by atoms with van der Waals surface area (Å²) in [7, 11) is 0. The minimum Gasteiger partial charge on any atom is -0.480 e. The Labute approximate surface area is 120 Å². The number of urea groups is 1. The van der Waals surface area contributed by atoms with Gasteiger partial charge in [-0.2, -0.15) is 0 Å². The summed E-state index contributed by atoms with van der Waals surface area (Å²) in [5.74, 6) is -0.902. The molecule has 116 valence electrons. The van der Waals surface area contributed by atoms with Crippen molar-refractivity contribution >= 4 is 12.0 Å². The third-order valence-corrected chi connectivity index (χ3v) is 3.65. The molecule has 0 radical (unpaired) electrons. The molecule has 0 aromatic carbocycles. The molecule has 0 aliphatic carbocycles. The van der Waals surface area contributed by atoms with E-state index in [1.807, 2.05) is 13.8 Å². The van der Waals surface area contributed by atoms with Gasteiger partial charge in [-0.25, -0.2) is 9.59 Å². The zero-order valence-corrected chi connectivity index (χ0v) is 12.5. The highest BCUT2D eigenvalue weighted by Gasteiger charge is 2.32. The summed E-state index contributed by atoms with van der Waals surface area (Å²) in [6, 6.07) is -0.868. The number of nitrogens with zero attached hydrogens (tertiary/aromatic N) is 2. The summed E-state index contributed by atoms with van der Waals surface area (Å²) in [6.07, 6.45) is 3.27. The molecule has 1 rings (SSSR count). The third-order valence-electron chi connectivity index (χ3n) is 3.65. The molecule has 1 heterocycles. The Balaban J connectivity index is 2.70. The SMILES string of the molecule is CCOCCN(CC)C(=O)N1CCCCCC1C(=O)O. The summed E-state index contributed by atoms with van der Waals surface area (Å²) in [5, 5.41) is 9.31. The van der Waals surface area contributed by atoms with E-state index < -0.39 is 12.0 Å². The van der Waals surface area contributed by atoms with Gasteiger partial charge in [0.25, 0.3) is 0 Å². The van der Waals surface area contributed by atoms with Crippen LogP contribution in [0.5, 0.6) is 0 Å². The monoisotopic (exact) mass is 286 g/mol. The van der Waals surface area contributed by atoms with E-state index in [2.05, 4.69) is 0 Å². The Morgan fingerprint density at radius 3 is 2.65 bits per heavy atom. The summed E-state index contributed by atoms with van der Waals surface area (Å²) in [5.41, 5.74) is 0. The molecule has 1 fully saturated rings.